The Morgan fingerprint density at radius 1 is 1.44 bits per heavy atom. The van der Waals surface area contributed by atoms with E-state index in [1.165, 1.54) is 25.7 Å². The Kier molecular flexibility index (Phi) is 5.01. The third kappa shape index (κ3) is 3.69. The van der Waals surface area contributed by atoms with Gasteiger partial charge in [-0.1, -0.05) is 13.3 Å². The van der Waals surface area contributed by atoms with Crippen LogP contribution in [0.3, 0.4) is 0 Å². The minimum Gasteiger partial charge on any atom is -0.480 e. The van der Waals surface area contributed by atoms with Crippen molar-refractivity contribution in [2.24, 2.45) is 5.92 Å². The number of aliphatic carboxylic acids is 1. The summed E-state index contributed by atoms with van der Waals surface area (Å²) in [5.41, 5.74) is 0. The van der Waals surface area contributed by atoms with E-state index < -0.39 is 5.97 Å². The lowest BCUT2D eigenvalue weighted by atomic mass is 9.97. The average Bonchev–Trinajstić information content (AvgIpc) is 3.19. The molecule has 0 bridgehead atoms. The van der Waals surface area contributed by atoms with Gasteiger partial charge in [0.1, 0.15) is 6.04 Å². The number of carbonyl (C=O) groups is 1. The molecule has 1 heterocycles. The molecule has 2 rings (SSSR count). The fraction of sp³-hybridized carbons (Fsp3) is 0.929. The van der Waals surface area contributed by atoms with Gasteiger partial charge in [-0.2, -0.15) is 0 Å². The van der Waals surface area contributed by atoms with E-state index in [0.717, 1.165) is 32.5 Å². The Labute approximate surface area is 110 Å². The summed E-state index contributed by atoms with van der Waals surface area (Å²) >= 11 is 0. The fourth-order valence-corrected chi connectivity index (χ4v) is 3.02. The van der Waals surface area contributed by atoms with Crippen LogP contribution in [0, 0.1) is 5.92 Å². The third-order valence-electron chi connectivity index (χ3n) is 4.13. The van der Waals surface area contributed by atoms with Gasteiger partial charge in [0.15, 0.2) is 0 Å². The van der Waals surface area contributed by atoms with Gasteiger partial charge in [-0.3, -0.25) is 9.69 Å². The summed E-state index contributed by atoms with van der Waals surface area (Å²) in [7, 11) is 0. The SMILES string of the molecule is CCCC(C(=O)O)N(CC1CCCNC1)C1CC1. The van der Waals surface area contributed by atoms with Gasteiger partial charge in [0.05, 0.1) is 0 Å². The van der Waals surface area contributed by atoms with Crippen LogP contribution in [0.25, 0.3) is 0 Å². The third-order valence-corrected chi connectivity index (χ3v) is 4.13. The number of hydrogen-bond donors (Lipinski definition) is 2. The Balaban J connectivity index is 1.94. The number of nitrogens with one attached hydrogen (secondary N) is 1. The van der Waals surface area contributed by atoms with Crippen molar-refractivity contribution in [3.63, 3.8) is 0 Å². The van der Waals surface area contributed by atoms with Crippen LogP contribution in [0.15, 0.2) is 0 Å². The Hall–Kier alpha value is -0.610. The van der Waals surface area contributed by atoms with Crippen molar-refractivity contribution in [2.45, 2.75) is 57.5 Å². The summed E-state index contributed by atoms with van der Waals surface area (Å²) in [5, 5.41) is 12.8. The molecule has 4 heteroatoms. The van der Waals surface area contributed by atoms with E-state index in [1.54, 1.807) is 0 Å². The summed E-state index contributed by atoms with van der Waals surface area (Å²) in [6, 6.07) is 0.281. The predicted octanol–water partition coefficient (Wildman–Crippen LogP) is 1.70. The molecule has 0 radical (unpaired) electrons. The van der Waals surface area contributed by atoms with Gasteiger partial charge in [0.2, 0.25) is 0 Å². The van der Waals surface area contributed by atoms with Crippen LogP contribution < -0.4 is 5.32 Å². The number of hydrogen-bond acceptors (Lipinski definition) is 3. The standard InChI is InChI=1S/C14H26N2O2/c1-2-4-13(14(17)18)16(12-6-7-12)10-11-5-3-8-15-9-11/h11-13,15H,2-10H2,1H3,(H,17,18). The summed E-state index contributed by atoms with van der Waals surface area (Å²) < 4.78 is 0. The number of piperidine rings is 1. The molecule has 0 aromatic rings. The van der Waals surface area contributed by atoms with E-state index >= 15 is 0 Å². The molecule has 2 N–H and O–H groups in total. The number of nitrogens with zero attached hydrogens (tertiary/aromatic N) is 1. The maximum Gasteiger partial charge on any atom is 0.320 e. The molecule has 18 heavy (non-hydrogen) atoms. The van der Waals surface area contributed by atoms with Crippen molar-refractivity contribution in [3.05, 3.63) is 0 Å². The highest BCUT2D eigenvalue weighted by molar-refractivity contribution is 5.73. The van der Waals surface area contributed by atoms with Gasteiger partial charge in [0, 0.05) is 12.6 Å². The summed E-state index contributed by atoms with van der Waals surface area (Å²) in [5.74, 6) is 0.00516. The lowest BCUT2D eigenvalue weighted by Crippen LogP contribution is -2.47. The summed E-state index contributed by atoms with van der Waals surface area (Å²) in [4.78, 5) is 13.7. The predicted molar refractivity (Wildman–Crippen MR) is 71.7 cm³/mol. The first kappa shape index (κ1) is 13.8. The molecule has 2 unspecified atom stereocenters. The van der Waals surface area contributed by atoms with E-state index in [1.807, 2.05) is 0 Å². The van der Waals surface area contributed by atoms with Gasteiger partial charge >= 0.3 is 5.97 Å². The van der Waals surface area contributed by atoms with Gasteiger partial charge < -0.3 is 10.4 Å². The van der Waals surface area contributed by atoms with E-state index in [9.17, 15) is 9.90 Å². The first-order valence-corrected chi connectivity index (χ1v) is 7.41. The van der Waals surface area contributed by atoms with E-state index in [2.05, 4.69) is 17.1 Å². The molecule has 104 valence electrons. The van der Waals surface area contributed by atoms with Crippen molar-refractivity contribution in [1.29, 1.82) is 0 Å². The van der Waals surface area contributed by atoms with Crippen molar-refractivity contribution < 1.29 is 9.90 Å². The molecule has 0 aromatic carbocycles. The molecule has 0 aromatic heterocycles. The smallest absolute Gasteiger partial charge is 0.320 e. The van der Waals surface area contributed by atoms with Crippen LogP contribution in [0.5, 0.6) is 0 Å². The average molecular weight is 254 g/mol. The molecule has 2 atom stereocenters. The second-order valence-corrected chi connectivity index (χ2v) is 5.78. The first-order chi connectivity index (χ1) is 8.72. The molecule has 4 nitrogen and oxygen atoms in total. The van der Waals surface area contributed by atoms with Crippen molar-refractivity contribution in [2.75, 3.05) is 19.6 Å². The Morgan fingerprint density at radius 3 is 2.72 bits per heavy atom. The number of carboxylic acids is 1. The second-order valence-electron chi connectivity index (χ2n) is 5.78. The zero-order chi connectivity index (χ0) is 13.0. The highest BCUT2D eigenvalue weighted by atomic mass is 16.4. The molecule has 1 saturated carbocycles. The van der Waals surface area contributed by atoms with Crippen molar-refractivity contribution in [3.8, 4) is 0 Å². The molecule has 1 saturated heterocycles. The normalized spacial score (nSPS) is 26.2. The fourth-order valence-electron chi connectivity index (χ4n) is 3.02. The molecule has 0 amide bonds. The molecular formula is C14H26N2O2. The van der Waals surface area contributed by atoms with Crippen LogP contribution in [0.1, 0.15) is 45.4 Å². The van der Waals surface area contributed by atoms with Crippen LogP contribution in [-0.2, 0) is 4.79 Å². The van der Waals surface area contributed by atoms with E-state index in [4.69, 9.17) is 0 Å². The van der Waals surface area contributed by atoms with Gasteiger partial charge in [-0.15, -0.1) is 0 Å². The van der Waals surface area contributed by atoms with Crippen LogP contribution >= 0.6 is 0 Å². The highest BCUT2D eigenvalue weighted by Crippen LogP contribution is 2.31. The molecule has 0 spiro atoms. The summed E-state index contributed by atoms with van der Waals surface area (Å²) in [6.45, 7) is 5.22. The molecule has 2 fully saturated rings. The Morgan fingerprint density at radius 2 is 2.22 bits per heavy atom. The minimum absolute atomic E-state index is 0.260. The maximum absolute atomic E-state index is 11.4. The van der Waals surface area contributed by atoms with Crippen LogP contribution in [-0.4, -0.2) is 47.7 Å². The van der Waals surface area contributed by atoms with Gasteiger partial charge in [-0.05, 0) is 51.1 Å². The maximum atomic E-state index is 11.4. The van der Waals surface area contributed by atoms with Crippen molar-refractivity contribution >= 4 is 5.97 Å². The number of carboxylic acid groups (broad SMARTS) is 1. The highest BCUT2D eigenvalue weighted by Gasteiger charge is 2.37. The molecule has 1 aliphatic heterocycles. The quantitative estimate of drug-likeness (QED) is 0.726. The molecule has 2 aliphatic rings. The zero-order valence-electron chi connectivity index (χ0n) is 11.4. The Bertz CT molecular complexity index is 273. The molecular weight excluding hydrogens is 228 g/mol. The largest absolute Gasteiger partial charge is 0.480 e. The van der Waals surface area contributed by atoms with Crippen LogP contribution in [0.4, 0.5) is 0 Å². The second kappa shape index (κ2) is 6.53. The monoisotopic (exact) mass is 254 g/mol. The van der Waals surface area contributed by atoms with Crippen LogP contribution in [0.2, 0.25) is 0 Å². The van der Waals surface area contributed by atoms with E-state index in [-0.39, 0.29) is 6.04 Å². The number of rotatable bonds is 7. The first-order valence-electron chi connectivity index (χ1n) is 7.41. The lowest BCUT2D eigenvalue weighted by molar-refractivity contribution is -0.144. The lowest BCUT2D eigenvalue weighted by Gasteiger charge is -2.34. The molecule has 1 aliphatic carbocycles. The zero-order valence-corrected chi connectivity index (χ0v) is 11.4. The minimum atomic E-state index is -0.632. The summed E-state index contributed by atoms with van der Waals surface area (Å²) in [6.07, 6.45) is 6.58. The topological polar surface area (TPSA) is 52.6 Å². The van der Waals surface area contributed by atoms with E-state index in [0.29, 0.717) is 12.0 Å². The van der Waals surface area contributed by atoms with Gasteiger partial charge in [0.25, 0.3) is 0 Å². The van der Waals surface area contributed by atoms with Gasteiger partial charge in [-0.25, -0.2) is 0 Å². The van der Waals surface area contributed by atoms with Crippen molar-refractivity contribution in [1.82, 2.24) is 10.2 Å².